The maximum absolute atomic E-state index is 12.1. The van der Waals surface area contributed by atoms with Gasteiger partial charge in [0.2, 0.25) is 0 Å². The van der Waals surface area contributed by atoms with Crippen LogP contribution < -0.4 is 28.3 Å². The number of rotatable bonds is 17. The van der Waals surface area contributed by atoms with Gasteiger partial charge in [-0.1, -0.05) is 41.6 Å². The third-order valence-electron chi connectivity index (χ3n) is 23.2. The maximum atomic E-state index is 12.1. The second-order valence-electron chi connectivity index (χ2n) is 33.3. The monoisotopic (exact) mass is 1970 g/mol. The van der Waals surface area contributed by atoms with Crippen LogP contribution in [0.3, 0.4) is 0 Å². The second kappa shape index (κ2) is 41.5. The summed E-state index contributed by atoms with van der Waals surface area (Å²) in [6, 6.07) is 70.7. The van der Waals surface area contributed by atoms with Crippen molar-refractivity contribution >= 4 is 97.6 Å². The van der Waals surface area contributed by atoms with Crippen molar-refractivity contribution in [1.29, 1.82) is 0 Å². The number of carbonyl (C=O) groups excluding carboxylic acids is 5. The van der Waals surface area contributed by atoms with Crippen LogP contribution in [-0.4, -0.2) is 142 Å². The Morgan fingerprint density at radius 1 is 0.317 bits per heavy atom. The topological polar surface area (TPSA) is 447 Å². The van der Waals surface area contributed by atoms with E-state index in [0.29, 0.717) is 62.5 Å². The fraction of sp³-hybridized carbons (Fsp3) is 0.0734. The van der Waals surface area contributed by atoms with Crippen molar-refractivity contribution in [3.8, 4) is 133 Å². The van der Waals surface area contributed by atoms with Crippen LogP contribution in [0.2, 0.25) is 0 Å². The number of thiophene rings is 2. The number of carbonyl (C=O) groups is 5. The predicted octanol–water partition coefficient (Wildman–Crippen LogP) is 19.7. The van der Waals surface area contributed by atoms with Crippen LogP contribution in [-0.2, 0) is 0 Å². The third kappa shape index (κ3) is 20.4. The Bertz CT molecular complexity index is 8870. The van der Waals surface area contributed by atoms with Gasteiger partial charge in [0.05, 0.1) is 99.4 Å². The Labute approximate surface area is 839 Å². The molecule has 712 valence electrons. The van der Waals surface area contributed by atoms with Crippen LogP contribution in [0.1, 0.15) is 91.5 Å². The van der Waals surface area contributed by atoms with E-state index >= 15 is 0 Å². The summed E-state index contributed by atoms with van der Waals surface area (Å²) in [6.07, 6.45) is 29.6. The Balaban J connectivity index is 0.000000110. The van der Waals surface area contributed by atoms with Gasteiger partial charge >= 0.3 is 0 Å². The summed E-state index contributed by atoms with van der Waals surface area (Å²) in [6.45, 7) is 13.9. The van der Waals surface area contributed by atoms with E-state index in [4.69, 9.17) is 27.5 Å². The van der Waals surface area contributed by atoms with Crippen LogP contribution in [0.25, 0.3) is 167 Å². The summed E-state index contributed by atoms with van der Waals surface area (Å²) < 4.78 is 20.3. The van der Waals surface area contributed by atoms with E-state index in [0.717, 1.165) is 167 Å². The first-order chi connectivity index (χ1) is 70.4. The summed E-state index contributed by atoms with van der Waals surface area (Å²) in [5.41, 5.74) is 52.1. The molecular weight excluding hydrogens is 1880 g/mol. The van der Waals surface area contributed by atoms with Gasteiger partial charge in [-0.25, -0.2) is 29.9 Å². The van der Waals surface area contributed by atoms with Crippen molar-refractivity contribution in [2.45, 2.75) is 48.5 Å². The van der Waals surface area contributed by atoms with Gasteiger partial charge in [0.1, 0.15) is 62.4 Å². The van der Waals surface area contributed by atoms with Crippen LogP contribution in [0.15, 0.2) is 334 Å². The van der Waals surface area contributed by atoms with E-state index < -0.39 is 23.6 Å². The van der Waals surface area contributed by atoms with Crippen molar-refractivity contribution in [2.24, 2.45) is 22.9 Å². The molecule has 0 aliphatic heterocycles. The van der Waals surface area contributed by atoms with Crippen molar-refractivity contribution in [2.75, 3.05) is 7.05 Å². The Morgan fingerprint density at radius 3 is 1.12 bits per heavy atom. The van der Waals surface area contributed by atoms with Crippen LogP contribution in [0.5, 0.6) is 0 Å². The summed E-state index contributed by atoms with van der Waals surface area (Å²) in [5.74, 6) is -1.67. The number of primary amides is 4. The number of hydrogen-bond acceptors (Lipinski definition) is 25. The molecule has 24 aromatic heterocycles. The zero-order chi connectivity index (χ0) is 101. The number of imidazole rings is 6. The molecular formula is C109H87N27O6S3. The average molecular weight is 1970 g/mol. The SMILES string of the molecule is CNC(=O)c1cnc2ccc(-c3ncccc3-c3cccc(C)n3)cn12.Cc1cccc(-c2cc(C)sc2-c2ccc3ncc(C(N)=O)n3c2)n1.Cc1cccc(-c2cccnc2-c2ccc3ncc(C(N)=O)n3c2)n1.Cc1cccc(-c2ccsc2-c2ccc3ncc(C(N)=O)n3c2)n1.Cc1cccc(-c2cnoc2-c2ccc3ncc(C(N)=O)n3c2)n1.Cc1cccc(-c2cnsc2-c2ccc3nccn3c2)n1. The van der Waals surface area contributed by atoms with Crippen LogP contribution in [0, 0.1) is 48.5 Å². The Kier molecular flexibility index (Phi) is 27.2. The van der Waals surface area contributed by atoms with Crippen molar-refractivity contribution in [3.05, 3.63) is 397 Å². The summed E-state index contributed by atoms with van der Waals surface area (Å²) in [5, 5.41) is 8.58. The molecule has 0 radical (unpaired) electrons. The highest BCUT2D eigenvalue weighted by atomic mass is 32.1. The van der Waals surface area contributed by atoms with Gasteiger partial charge in [-0.2, -0.15) is 4.37 Å². The quantitative estimate of drug-likeness (QED) is 0.0565. The lowest BCUT2D eigenvalue weighted by atomic mass is 10.0. The molecule has 0 atom stereocenters. The molecule has 0 aliphatic carbocycles. The number of nitrogens with zero attached hydrogens (tertiary/aromatic N) is 22. The van der Waals surface area contributed by atoms with Crippen molar-refractivity contribution in [1.82, 2.24) is 111 Å². The molecule has 24 aromatic rings. The van der Waals surface area contributed by atoms with E-state index in [1.807, 2.05) is 283 Å². The molecule has 0 unspecified atom stereocenters. The molecule has 24 heterocycles. The molecule has 33 nitrogen and oxygen atoms in total. The van der Waals surface area contributed by atoms with Gasteiger partial charge < -0.3 is 37.2 Å². The lowest BCUT2D eigenvalue weighted by molar-refractivity contribution is 0.0953. The zero-order valence-electron chi connectivity index (χ0n) is 79.0. The molecule has 5 amide bonds. The smallest absolute Gasteiger partial charge is 0.269 e. The summed E-state index contributed by atoms with van der Waals surface area (Å²) >= 11 is 4.83. The number of aromatic nitrogens is 22. The molecule has 36 heteroatoms. The molecule has 0 bridgehead atoms. The van der Waals surface area contributed by atoms with E-state index in [1.165, 1.54) is 41.2 Å². The Morgan fingerprint density at radius 2 is 0.683 bits per heavy atom. The van der Waals surface area contributed by atoms with Crippen molar-refractivity contribution in [3.63, 3.8) is 0 Å². The summed E-state index contributed by atoms with van der Waals surface area (Å²) in [4.78, 5) is 125. The number of amides is 5. The molecule has 145 heavy (non-hydrogen) atoms. The highest BCUT2D eigenvalue weighted by Crippen LogP contribution is 2.42. The van der Waals surface area contributed by atoms with Gasteiger partial charge in [0, 0.05) is 179 Å². The fourth-order valence-electron chi connectivity index (χ4n) is 16.4. The van der Waals surface area contributed by atoms with E-state index in [2.05, 4.69) is 116 Å². The molecule has 0 aromatic carbocycles. The number of hydrogen-bond donors (Lipinski definition) is 5. The minimum atomic E-state index is -0.544. The minimum absolute atomic E-state index is 0.184. The van der Waals surface area contributed by atoms with Crippen LogP contribution >= 0.6 is 34.2 Å². The normalized spacial score (nSPS) is 11.0. The largest absolute Gasteiger partial charge is 0.364 e. The lowest BCUT2D eigenvalue weighted by Gasteiger charge is -2.10. The first kappa shape index (κ1) is 94.9. The zero-order valence-corrected chi connectivity index (χ0v) is 81.4. The van der Waals surface area contributed by atoms with Gasteiger partial charge in [0.25, 0.3) is 29.5 Å². The van der Waals surface area contributed by atoms with Gasteiger partial charge in [-0.05, 0) is 247 Å². The number of aryl methyl sites for hydroxylation is 7. The molecule has 9 N–H and O–H groups in total. The predicted molar refractivity (Wildman–Crippen MR) is 561 cm³/mol. The molecule has 0 fully saturated rings. The molecule has 0 spiro atoms. The summed E-state index contributed by atoms with van der Waals surface area (Å²) in [7, 11) is 1.60. The fourth-order valence-corrected chi connectivity index (χ4v) is 19.1. The number of nitrogens with two attached hydrogens (primary N) is 4. The number of fused-ring (bicyclic) bond motifs is 6. The maximum Gasteiger partial charge on any atom is 0.269 e. The highest BCUT2D eigenvalue weighted by molar-refractivity contribution is 7.16. The van der Waals surface area contributed by atoms with Gasteiger partial charge in [-0.15, -0.1) is 22.7 Å². The molecule has 0 saturated heterocycles. The standard InChI is InChI=1S/C20H17N5O.C19H15N5O.C19H16N4OS.C18H14N4OS.C17H13N5O2.C16H12N4S/c1-13-5-3-7-16(24-13)15-6-4-10-22-19(15)14-8-9-18-23-11-17(20(26)21-2)25(18)12-14;1-12-4-2-6-15(23-12)14-5-3-9-21-18(14)13-7-8-17-22-10-16(19(20)25)24(17)11-13;1-11-4-3-5-15(22-11)14-8-12(2)25-18(14)13-6-7-17-21-9-16(19(20)24)23(17)10-13;1-11-3-2-4-14(21-11)13-7-8-24-17(13)12-5-6-16-20-9-15(18(19)23)22(16)10-12;1-10-3-2-4-13(21-10)12-7-20-24-16(12)11-5-6-15-19-8-14(17(18)23)22(15)9-11;1-11-3-2-4-14(19-11)13-9-18-21-16(13)12-5-6-15-17-7-8-20(15)10-12/h3-12H,1-2H3,(H,21,26);2-11H,1H3,(H2,20,25);3-10H,1-2H3,(H2,20,24);2-10H,1H3,(H2,19,23);2-9H,1H3,(H2,18,23);2-10H,1H3. The van der Waals surface area contributed by atoms with E-state index in [9.17, 15) is 24.0 Å². The minimum Gasteiger partial charge on any atom is -0.364 e. The van der Waals surface area contributed by atoms with Gasteiger partial charge in [-0.3, -0.25) is 85.8 Å². The molecule has 0 saturated carbocycles. The van der Waals surface area contributed by atoms with Crippen LogP contribution in [0.4, 0.5) is 0 Å². The van der Waals surface area contributed by atoms with Crippen molar-refractivity contribution < 1.29 is 28.5 Å². The number of pyridine rings is 14. The van der Waals surface area contributed by atoms with E-state index in [1.54, 1.807) is 95.0 Å². The Hall–Kier alpha value is -19.1. The van der Waals surface area contributed by atoms with Gasteiger partial charge in [0.15, 0.2) is 5.76 Å². The molecule has 24 rings (SSSR count). The lowest BCUT2D eigenvalue weighted by Crippen LogP contribution is -2.19. The van der Waals surface area contributed by atoms with E-state index in [-0.39, 0.29) is 5.91 Å². The highest BCUT2D eigenvalue weighted by Gasteiger charge is 2.24. The first-order valence-electron chi connectivity index (χ1n) is 45.2. The first-order valence-corrected chi connectivity index (χ1v) is 47.7. The second-order valence-corrected chi connectivity index (χ2v) is 36.3. The third-order valence-corrected chi connectivity index (χ3v) is 26.2. The average Bonchev–Trinajstić information content (AvgIpc) is 1.74. The molecule has 0 aliphatic rings. The number of nitrogens with one attached hydrogen (secondary N) is 1.